The molecule has 1 aliphatic rings. The minimum atomic E-state index is -1.12. The number of pyridine rings is 1. The summed E-state index contributed by atoms with van der Waals surface area (Å²) < 4.78 is 4.88. The lowest BCUT2D eigenvalue weighted by Gasteiger charge is -2.20. The predicted molar refractivity (Wildman–Crippen MR) is 63.9 cm³/mol. The first kappa shape index (κ1) is 13.3. The highest BCUT2D eigenvalue weighted by atomic mass is 16.5. The Morgan fingerprint density at radius 3 is 2.74 bits per heavy atom. The lowest BCUT2D eigenvalue weighted by Crippen LogP contribution is -2.40. The number of aromatic nitrogens is 1. The third-order valence-electron chi connectivity index (χ3n) is 3.02. The van der Waals surface area contributed by atoms with Crippen LogP contribution in [0.15, 0.2) is 18.3 Å². The number of rotatable bonds is 3. The average molecular weight is 266 g/mol. The van der Waals surface area contributed by atoms with Gasteiger partial charge in [0, 0.05) is 25.2 Å². The maximum Gasteiger partial charge on any atom is 0.326 e. The van der Waals surface area contributed by atoms with Gasteiger partial charge in [-0.2, -0.15) is 0 Å². The standard InChI is InChI=1S/C12H14N2O5/c1-19-10-3-2-7(5-13-10)11(16)14-6-8(15)4-9(14)12(17)18/h2-3,5,8-9,15H,4,6H2,1H3,(H,17,18)/t8-,9-/m0/s1. The summed E-state index contributed by atoms with van der Waals surface area (Å²) in [5.41, 5.74) is 0.265. The zero-order chi connectivity index (χ0) is 14.0. The molecule has 19 heavy (non-hydrogen) atoms. The number of likely N-dealkylation sites (tertiary alicyclic amines) is 1. The lowest BCUT2D eigenvalue weighted by atomic mass is 10.2. The number of β-amino-alcohol motifs (C(OH)–C–C–N with tert-alkyl or cyclic N) is 1. The highest BCUT2D eigenvalue weighted by Crippen LogP contribution is 2.21. The Morgan fingerprint density at radius 2 is 2.21 bits per heavy atom. The van der Waals surface area contributed by atoms with Crippen LogP contribution in [0.3, 0.4) is 0 Å². The van der Waals surface area contributed by atoms with E-state index in [1.807, 2.05) is 0 Å². The van der Waals surface area contributed by atoms with Gasteiger partial charge in [-0.3, -0.25) is 4.79 Å². The molecule has 2 N–H and O–H groups in total. The number of nitrogens with zero attached hydrogens (tertiary/aromatic N) is 2. The van der Waals surface area contributed by atoms with Crippen LogP contribution in [0.25, 0.3) is 0 Å². The predicted octanol–water partition coefficient (Wildman–Crippen LogP) is -0.250. The molecule has 2 heterocycles. The van der Waals surface area contributed by atoms with Crippen molar-refractivity contribution < 1.29 is 24.5 Å². The molecular weight excluding hydrogens is 252 g/mol. The molecule has 0 bridgehead atoms. The van der Waals surface area contributed by atoms with Crippen LogP contribution in [0, 0.1) is 0 Å². The maximum absolute atomic E-state index is 12.2. The van der Waals surface area contributed by atoms with E-state index in [1.54, 1.807) is 0 Å². The molecule has 1 aromatic rings. The highest BCUT2D eigenvalue weighted by Gasteiger charge is 2.39. The topological polar surface area (TPSA) is 100.0 Å². The van der Waals surface area contributed by atoms with Crippen molar-refractivity contribution in [3.05, 3.63) is 23.9 Å². The van der Waals surface area contributed by atoms with Crippen LogP contribution >= 0.6 is 0 Å². The van der Waals surface area contributed by atoms with Crippen LogP contribution in [0.4, 0.5) is 0 Å². The summed E-state index contributed by atoms with van der Waals surface area (Å²) in [6, 6.07) is 2.04. The van der Waals surface area contributed by atoms with Gasteiger partial charge in [0.05, 0.1) is 18.8 Å². The second-order valence-electron chi connectivity index (χ2n) is 4.29. The zero-order valence-corrected chi connectivity index (χ0v) is 10.3. The van der Waals surface area contributed by atoms with E-state index >= 15 is 0 Å². The molecule has 1 aromatic heterocycles. The van der Waals surface area contributed by atoms with Crippen LogP contribution in [-0.2, 0) is 4.79 Å². The summed E-state index contributed by atoms with van der Waals surface area (Å²) in [6.45, 7) is 0.0157. The van der Waals surface area contributed by atoms with Crippen molar-refractivity contribution in [3.63, 3.8) is 0 Å². The molecule has 0 unspecified atom stereocenters. The van der Waals surface area contributed by atoms with Gasteiger partial charge in [0.2, 0.25) is 5.88 Å². The summed E-state index contributed by atoms with van der Waals surface area (Å²) in [5.74, 6) is -1.21. The third-order valence-corrected chi connectivity index (χ3v) is 3.02. The van der Waals surface area contributed by atoms with Crippen LogP contribution in [-0.4, -0.2) is 57.8 Å². The summed E-state index contributed by atoms with van der Waals surface area (Å²) >= 11 is 0. The minimum Gasteiger partial charge on any atom is -0.481 e. The van der Waals surface area contributed by atoms with E-state index in [-0.39, 0.29) is 18.5 Å². The van der Waals surface area contributed by atoms with Gasteiger partial charge in [0.25, 0.3) is 5.91 Å². The normalized spacial score (nSPS) is 22.3. The number of methoxy groups -OCH3 is 1. The van der Waals surface area contributed by atoms with Crippen molar-refractivity contribution in [2.24, 2.45) is 0 Å². The smallest absolute Gasteiger partial charge is 0.326 e. The number of aliphatic hydroxyl groups excluding tert-OH is 1. The van der Waals surface area contributed by atoms with Crippen molar-refractivity contribution in [3.8, 4) is 5.88 Å². The summed E-state index contributed by atoms with van der Waals surface area (Å²) in [4.78, 5) is 28.3. The largest absolute Gasteiger partial charge is 0.481 e. The molecule has 2 atom stereocenters. The van der Waals surface area contributed by atoms with Crippen molar-refractivity contribution in [1.82, 2.24) is 9.88 Å². The van der Waals surface area contributed by atoms with E-state index in [0.29, 0.717) is 5.88 Å². The van der Waals surface area contributed by atoms with Crippen LogP contribution in [0.1, 0.15) is 16.8 Å². The fourth-order valence-electron chi connectivity index (χ4n) is 2.07. The van der Waals surface area contributed by atoms with Gasteiger partial charge in [-0.05, 0) is 6.07 Å². The van der Waals surface area contributed by atoms with Crippen molar-refractivity contribution >= 4 is 11.9 Å². The van der Waals surface area contributed by atoms with Gasteiger partial charge in [-0.15, -0.1) is 0 Å². The SMILES string of the molecule is COc1ccc(C(=O)N2C[C@@H](O)C[C@H]2C(=O)O)cn1. The van der Waals surface area contributed by atoms with Crippen LogP contribution < -0.4 is 4.74 Å². The molecule has 2 rings (SSSR count). The molecule has 7 nitrogen and oxygen atoms in total. The Balaban J connectivity index is 2.20. The van der Waals surface area contributed by atoms with Gasteiger partial charge in [0.1, 0.15) is 6.04 Å². The quantitative estimate of drug-likeness (QED) is 0.782. The molecule has 1 aliphatic heterocycles. The molecular formula is C12H14N2O5. The number of hydrogen-bond acceptors (Lipinski definition) is 5. The minimum absolute atomic E-state index is 0.0157. The number of carboxylic acids is 1. The molecule has 0 aromatic carbocycles. The van der Waals surface area contributed by atoms with Gasteiger partial charge in [-0.1, -0.05) is 0 Å². The third kappa shape index (κ3) is 2.65. The van der Waals surface area contributed by atoms with E-state index in [2.05, 4.69) is 4.98 Å². The second kappa shape index (κ2) is 5.23. The maximum atomic E-state index is 12.2. The van der Waals surface area contributed by atoms with Gasteiger partial charge in [0.15, 0.2) is 0 Å². The van der Waals surface area contributed by atoms with E-state index in [9.17, 15) is 14.7 Å². The molecule has 0 radical (unpaired) electrons. The van der Waals surface area contributed by atoms with Gasteiger partial charge < -0.3 is 19.8 Å². The molecule has 1 amide bonds. The Hall–Kier alpha value is -2.15. The second-order valence-corrected chi connectivity index (χ2v) is 4.29. The number of carboxylic acid groups (broad SMARTS) is 1. The van der Waals surface area contributed by atoms with E-state index < -0.39 is 24.0 Å². The van der Waals surface area contributed by atoms with Crippen molar-refractivity contribution in [2.75, 3.05) is 13.7 Å². The molecule has 102 valence electrons. The van der Waals surface area contributed by atoms with E-state index in [1.165, 1.54) is 25.4 Å². The lowest BCUT2D eigenvalue weighted by molar-refractivity contribution is -0.141. The van der Waals surface area contributed by atoms with Gasteiger partial charge >= 0.3 is 5.97 Å². The first-order valence-corrected chi connectivity index (χ1v) is 5.75. The number of ether oxygens (including phenoxy) is 1. The Morgan fingerprint density at radius 1 is 1.47 bits per heavy atom. The first-order valence-electron chi connectivity index (χ1n) is 5.75. The number of aliphatic carboxylic acids is 1. The average Bonchev–Trinajstić information content (AvgIpc) is 2.80. The number of amides is 1. The van der Waals surface area contributed by atoms with Crippen LogP contribution in [0.2, 0.25) is 0 Å². The fourth-order valence-corrected chi connectivity index (χ4v) is 2.07. The Labute approximate surface area is 109 Å². The molecule has 7 heteroatoms. The molecule has 0 saturated carbocycles. The van der Waals surface area contributed by atoms with E-state index in [0.717, 1.165) is 4.90 Å². The fraction of sp³-hybridized carbons (Fsp3) is 0.417. The zero-order valence-electron chi connectivity index (χ0n) is 10.3. The molecule has 0 aliphatic carbocycles. The first-order chi connectivity index (χ1) is 9.02. The summed E-state index contributed by atoms with van der Waals surface area (Å²) in [6.07, 6.45) is 0.561. The summed E-state index contributed by atoms with van der Waals surface area (Å²) in [5, 5.41) is 18.5. The Kier molecular flexibility index (Phi) is 3.66. The number of carbonyl (C=O) groups is 2. The van der Waals surface area contributed by atoms with Crippen molar-refractivity contribution in [2.45, 2.75) is 18.6 Å². The molecule has 0 spiro atoms. The van der Waals surface area contributed by atoms with E-state index in [4.69, 9.17) is 9.84 Å². The van der Waals surface area contributed by atoms with Gasteiger partial charge in [-0.25, -0.2) is 9.78 Å². The van der Waals surface area contributed by atoms with Crippen molar-refractivity contribution in [1.29, 1.82) is 0 Å². The Bertz CT molecular complexity index is 487. The number of hydrogen-bond donors (Lipinski definition) is 2. The number of carbonyl (C=O) groups excluding carboxylic acids is 1. The molecule has 1 fully saturated rings. The monoisotopic (exact) mass is 266 g/mol. The molecule has 1 saturated heterocycles. The number of aliphatic hydroxyl groups is 1. The van der Waals surface area contributed by atoms with Crippen LogP contribution in [0.5, 0.6) is 5.88 Å². The summed E-state index contributed by atoms with van der Waals surface area (Å²) in [7, 11) is 1.46. The highest BCUT2D eigenvalue weighted by molar-refractivity contribution is 5.96.